The molecule has 0 saturated carbocycles. The molecule has 0 saturated heterocycles. The Hall–Kier alpha value is -0.0400. The summed E-state index contributed by atoms with van der Waals surface area (Å²) in [7, 11) is 1.99. The van der Waals surface area contributed by atoms with E-state index in [1.165, 1.54) is 96.3 Å². The van der Waals surface area contributed by atoms with Gasteiger partial charge in [0.15, 0.2) is 0 Å². The number of nitrogens with one attached hydrogen (secondary N) is 1. The van der Waals surface area contributed by atoms with Crippen molar-refractivity contribution in [1.82, 2.24) is 5.32 Å². The fraction of sp³-hybridized carbons (Fsp3) is 0.944. The third-order valence-corrected chi connectivity index (χ3v) is 3.91. The summed E-state index contributed by atoms with van der Waals surface area (Å²) >= 11 is 0. The largest absolute Gasteiger partial charge is 0.315 e. The number of hydrogen-bond acceptors (Lipinski definition) is 1. The Morgan fingerprint density at radius 1 is 0.579 bits per heavy atom. The zero-order chi connectivity index (χ0) is 14.0. The highest BCUT2D eigenvalue weighted by Crippen LogP contribution is 2.13. The van der Waals surface area contributed by atoms with Crippen molar-refractivity contribution in [3.63, 3.8) is 0 Å². The van der Waals surface area contributed by atoms with Crippen molar-refractivity contribution in [2.45, 2.75) is 103 Å². The van der Waals surface area contributed by atoms with E-state index in [1.807, 2.05) is 7.05 Å². The fourth-order valence-corrected chi connectivity index (χ4v) is 2.59. The van der Waals surface area contributed by atoms with Crippen molar-refractivity contribution >= 4 is 0 Å². The van der Waals surface area contributed by atoms with Gasteiger partial charge >= 0.3 is 0 Å². The first-order valence-electron chi connectivity index (χ1n) is 8.90. The molecule has 0 heterocycles. The first-order valence-corrected chi connectivity index (χ1v) is 8.90. The van der Waals surface area contributed by atoms with E-state index in [0.717, 1.165) is 0 Å². The lowest BCUT2D eigenvalue weighted by Gasteiger charge is -2.03. The maximum atomic E-state index is 3.09. The molecule has 1 nitrogen and oxygen atoms in total. The molecular weight excluding hydrogens is 230 g/mol. The summed E-state index contributed by atoms with van der Waals surface area (Å²) in [5.74, 6) is 0. The van der Waals surface area contributed by atoms with Gasteiger partial charge in [-0.3, -0.25) is 0 Å². The molecular formula is C18H38N. The molecule has 0 bridgehead atoms. The molecule has 1 heteroatoms. The van der Waals surface area contributed by atoms with Crippen LogP contribution in [0.25, 0.3) is 0 Å². The maximum absolute atomic E-state index is 3.09. The first kappa shape index (κ1) is 19.0. The average molecular weight is 269 g/mol. The van der Waals surface area contributed by atoms with Gasteiger partial charge in [0.25, 0.3) is 0 Å². The second-order valence-corrected chi connectivity index (χ2v) is 5.88. The van der Waals surface area contributed by atoms with Crippen LogP contribution in [0.5, 0.6) is 0 Å². The minimum Gasteiger partial charge on any atom is -0.315 e. The highest BCUT2D eigenvalue weighted by atomic mass is 14.8. The molecule has 0 aliphatic rings. The molecule has 0 atom stereocenters. The topological polar surface area (TPSA) is 12.0 Å². The van der Waals surface area contributed by atoms with Crippen molar-refractivity contribution in [2.24, 2.45) is 0 Å². The molecule has 0 aliphatic carbocycles. The normalized spacial score (nSPS) is 11.1. The summed E-state index contributed by atoms with van der Waals surface area (Å²) in [6.07, 6.45) is 21.5. The van der Waals surface area contributed by atoms with E-state index in [1.54, 1.807) is 0 Å². The van der Waals surface area contributed by atoms with Crippen LogP contribution in [0.15, 0.2) is 0 Å². The van der Waals surface area contributed by atoms with Crippen molar-refractivity contribution in [2.75, 3.05) is 7.05 Å². The quantitative estimate of drug-likeness (QED) is 0.327. The predicted octanol–water partition coefficient (Wildman–Crippen LogP) is 6.24. The molecule has 0 aliphatic heterocycles. The lowest BCUT2D eigenvalue weighted by Crippen LogP contribution is -1.99. The Morgan fingerprint density at radius 3 is 1.32 bits per heavy atom. The van der Waals surface area contributed by atoms with Gasteiger partial charge in [-0.25, -0.2) is 0 Å². The molecule has 0 amide bonds. The van der Waals surface area contributed by atoms with Gasteiger partial charge in [0.2, 0.25) is 0 Å². The minimum absolute atomic E-state index is 1.23. The lowest BCUT2D eigenvalue weighted by molar-refractivity contribution is 0.534. The van der Waals surface area contributed by atoms with Crippen LogP contribution in [0.3, 0.4) is 0 Å². The zero-order valence-corrected chi connectivity index (χ0v) is 13.7. The van der Waals surface area contributed by atoms with Crippen molar-refractivity contribution in [3.05, 3.63) is 6.54 Å². The fourth-order valence-electron chi connectivity index (χ4n) is 2.59. The Balaban J connectivity index is 2.88. The molecule has 0 aromatic heterocycles. The van der Waals surface area contributed by atoms with Gasteiger partial charge in [0.05, 0.1) is 0 Å². The Bertz CT molecular complexity index is 129. The predicted molar refractivity (Wildman–Crippen MR) is 88.3 cm³/mol. The molecule has 115 valence electrons. The van der Waals surface area contributed by atoms with Crippen LogP contribution in [0.1, 0.15) is 103 Å². The van der Waals surface area contributed by atoms with E-state index < -0.39 is 0 Å². The van der Waals surface area contributed by atoms with Crippen molar-refractivity contribution < 1.29 is 0 Å². The van der Waals surface area contributed by atoms with Crippen molar-refractivity contribution in [1.29, 1.82) is 0 Å². The molecule has 0 aromatic rings. The SMILES string of the molecule is CCCCCCCCCCCCCCCC[CH]NC. The monoisotopic (exact) mass is 268 g/mol. The van der Waals surface area contributed by atoms with E-state index in [2.05, 4.69) is 18.8 Å². The van der Waals surface area contributed by atoms with Crippen LogP contribution in [0.4, 0.5) is 0 Å². The first-order chi connectivity index (χ1) is 9.41. The third kappa shape index (κ3) is 18.0. The second-order valence-electron chi connectivity index (χ2n) is 5.88. The number of rotatable bonds is 16. The van der Waals surface area contributed by atoms with E-state index in [4.69, 9.17) is 0 Å². The van der Waals surface area contributed by atoms with Crippen LogP contribution in [-0.4, -0.2) is 7.05 Å². The summed E-state index contributed by atoms with van der Waals surface area (Å²) in [5.41, 5.74) is 0. The minimum atomic E-state index is 1.23. The summed E-state index contributed by atoms with van der Waals surface area (Å²) < 4.78 is 0. The molecule has 1 radical (unpaired) electrons. The Morgan fingerprint density at radius 2 is 0.947 bits per heavy atom. The standard InChI is InChI=1S/C18H38N/c1-3-4-5-6-7-8-9-10-11-12-13-14-15-16-17-18-19-2/h18-19H,3-17H2,1-2H3. The zero-order valence-electron chi connectivity index (χ0n) is 13.7. The number of unbranched alkanes of at least 4 members (excludes halogenated alkanes) is 14. The average Bonchev–Trinajstić information content (AvgIpc) is 2.43. The van der Waals surface area contributed by atoms with Crippen LogP contribution < -0.4 is 5.32 Å². The van der Waals surface area contributed by atoms with Crippen LogP contribution >= 0.6 is 0 Å². The van der Waals surface area contributed by atoms with Crippen LogP contribution in [0, 0.1) is 6.54 Å². The van der Waals surface area contributed by atoms with Gasteiger partial charge in [-0.15, -0.1) is 0 Å². The van der Waals surface area contributed by atoms with Gasteiger partial charge in [-0.2, -0.15) is 0 Å². The van der Waals surface area contributed by atoms with Gasteiger partial charge < -0.3 is 5.32 Å². The Kier molecular flexibility index (Phi) is 17.9. The van der Waals surface area contributed by atoms with Crippen molar-refractivity contribution in [3.8, 4) is 0 Å². The second kappa shape index (κ2) is 18.0. The highest BCUT2D eigenvalue weighted by Gasteiger charge is 1.94. The van der Waals surface area contributed by atoms with Gasteiger partial charge in [-0.1, -0.05) is 96.8 Å². The number of hydrogen-bond donors (Lipinski definition) is 1. The molecule has 19 heavy (non-hydrogen) atoms. The highest BCUT2D eigenvalue weighted by molar-refractivity contribution is 4.57. The Labute approximate surface area is 122 Å². The van der Waals surface area contributed by atoms with Gasteiger partial charge in [0.1, 0.15) is 0 Å². The van der Waals surface area contributed by atoms with E-state index in [0.29, 0.717) is 0 Å². The molecule has 0 aromatic carbocycles. The summed E-state index contributed by atoms with van der Waals surface area (Å²) in [5, 5.41) is 3.09. The van der Waals surface area contributed by atoms with E-state index in [-0.39, 0.29) is 0 Å². The molecule has 0 fully saturated rings. The lowest BCUT2D eigenvalue weighted by atomic mass is 10.0. The summed E-state index contributed by atoms with van der Waals surface area (Å²) in [6, 6.07) is 0. The molecule has 1 N–H and O–H groups in total. The third-order valence-electron chi connectivity index (χ3n) is 3.91. The molecule has 0 unspecified atom stereocenters. The van der Waals surface area contributed by atoms with E-state index in [9.17, 15) is 0 Å². The van der Waals surface area contributed by atoms with E-state index >= 15 is 0 Å². The summed E-state index contributed by atoms with van der Waals surface area (Å²) in [4.78, 5) is 0. The molecule has 0 spiro atoms. The van der Waals surface area contributed by atoms with Gasteiger partial charge in [-0.05, 0) is 13.5 Å². The molecule has 0 rings (SSSR count). The van der Waals surface area contributed by atoms with Gasteiger partial charge in [0, 0.05) is 6.54 Å². The van der Waals surface area contributed by atoms with Crippen LogP contribution in [-0.2, 0) is 0 Å². The smallest absolute Gasteiger partial charge is 0.0218 e. The summed E-state index contributed by atoms with van der Waals surface area (Å²) in [6.45, 7) is 4.46. The maximum Gasteiger partial charge on any atom is 0.0218 e. The van der Waals surface area contributed by atoms with Crippen LogP contribution in [0.2, 0.25) is 0 Å².